The van der Waals surface area contributed by atoms with Gasteiger partial charge in [-0.2, -0.15) is 11.3 Å². The highest BCUT2D eigenvalue weighted by Crippen LogP contribution is 2.15. The summed E-state index contributed by atoms with van der Waals surface area (Å²) in [6, 6.07) is 4.38. The van der Waals surface area contributed by atoms with Crippen LogP contribution in [0.3, 0.4) is 0 Å². The van der Waals surface area contributed by atoms with Gasteiger partial charge in [0.1, 0.15) is 0 Å². The van der Waals surface area contributed by atoms with E-state index in [4.69, 9.17) is 4.74 Å². The van der Waals surface area contributed by atoms with Crippen molar-refractivity contribution in [1.29, 1.82) is 0 Å². The zero-order valence-corrected chi connectivity index (χ0v) is 13.1. The number of rotatable bonds is 7. The standard InChI is InChI=1S/C13H24OSSi/c1-10(2)8-12(11(3)4)14-9-16-13-6-5-7-15-13/h5-7,10-12H,8-9,16H2,1-4H3. The fourth-order valence-corrected chi connectivity index (χ4v) is 4.19. The van der Waals surface area contributed by atoms with E-state index in [1.165, 1.54) is 6.42 Å². The molecule has 1 heterocycles. The molecule has 1 rings (SSSR count). The van der Waals surface area contributed by atoms with Crippen molar-refractivity contribution in [3.63, 3.8) is 0 Å². The van der Waals surface area contributed by atoms with Crippen LogP contribution in [0.4, 0.5) is 0 Å². The Morgan fingerprint density at radius 1 is 1.31 bits per heavy atom. The molecular formula is C13H24OSSi. The summed E-state index contributed by atoms with van der Waals surface area (Å²) in [7, 11) is -0.182. The molecule has 0 bridgehead atoms. The summed E-state index contributed by atoms with van der Waals surface area (Å²) in [6.45, 7) is 9.07. The summed E-state index contributed by atoms with van der Waals surface area (Å²) in [4.78, 5) is 0. The fraction of sp³-hybridized carbons (Fsp3) is 0.692. The minimum Gasteiger partial charge on any atom is -0.381 e. The molecule has 0 N–H and O–H groups in total. The molecule has 0 aromatic carbocycles. The third-order valence-electron chi connectivity index (χ3n) is 2.71. The van der Waals surface area contributed by atoms with Crippen LogP contribution in [0.15, 0.2) is 17.5 Å². The molecule has 0 saturated heterocycles. The predicted molar refractivity (Wildman–Crippen MR) is 76.5 cm³/mol. The zero-order chi connectivity index (χ0) is 12.0. The molecule has 0 aliphatic carbocycles. The summed E-state index contributed by atoms with van der Waals surface area (Å²) in [6.07, 6.45) is 2.64. The molecule has 0 radical (unpaired) electrons. The van der Waals surface area contributed by atoms with Gasteiger partial charge in [0.05, 0.1) is 15.6 Å². The van der Waals surface area contributed by atoms with E-state index in [2.05, 4.69) is 45.2 Å². The molecule has 1 nitrogen and oxygen atoms in total. The molecule has 0 saturated carbocycles. The van der Waals surface area contributed by atoms with Gasteiger partial charge in [-0.1, -0.05) is 39.8 Å². The molecule has 0 spiro atoms. The Bertz CT molecular complexity index is 269. The molecule has 0 amide bonds. The summed E-state index contributed by atoms with van der Waals surface area (Å²) in [5.41, 5.74) is 0. The Morgan fingerprint density at radius 3 is 2.56 bits per heavy atom. The molecule has 3 heteroatoms. The SMILES string of the molecule is CC(C)CC(OC[SiH2]c1cccs1)C(C)C. The second kappa shape index (κ2) is 7.25. The lowest BCUT2D eigenvalue weighted by molar-refractivity contribution is 0.0351. The van der Waals surface area contributed by atoms with Crippen LogP contribution in [0, 0.1) is 11.8 Å². The Balaban J connectivity index is 2.27. The smallest absolute Gasteiger partial charge is 0.0975 e. The largest absolute Gasteiger partial charge is 0.381 e. The van der Waals surface area contributed by atoms with Crippen LogP contribution in [-0.4, -0.2) is 21.9 Å². The van der Waals surface area contributed by atoms with Crippen molar-refractivity contribution < 1.29 is 4.74 Å². The van der Waals surface area contributed by atoms with Gasteiger partial charge in [-0.3, -0.25) is 0 Å². The molecule has 1 atom stereocenters. The van der Waals surface area contributed by atoms with Crippen molar-refractivity contribution >= 4 is 25.4 Å². The first kappa shape index (κ1) is 13.9. The average Bonchev–Trinajstić information content (AvgIpc) is 2.68. The Morgan fingerprint density at radius 2 is 2.06 bits per heavy atom. The summed E-state index contributed by atoms with van der Waals surface area (Å²) >= 11 is 1.88. The van der Waals surface area contributed by atoms with Gasteiger partial charge >= 0.3 is 0 Å². The molecule has 0 aliphatic heterocycles. The van der Waals surface area contributed by atoms with Gasteiger partial charge in [0, 0.05) is 6.23 Å². The molecule has 1 unspecified atom stereocenters. The van der Waals surface area contributed by atoms with Gasteiger partial charge in [-0.15, -0.1) is 0 Å². The highest BCUT2D eigenvalue weighted by Gasteiger charge is 2.15. The lowest BCUT2D eigenvalue weighted by Crippen LogP contribution is -2.26. The summed E-state index contributed by atoms with van der Waals surface area (Å²) in [5, 5.41) is 2.16. The normalized spacial score (nSPS) is 14.4. The van der Waals surface area contributed by atoms with Crippen LogP contribution in [0.1, 0.15) is 34.1 Å². The second-order valence-corrected chi connectivity index (χ2v) is 8.33. The lowest BCUT2D eigenvalue weighted by atomic mass is 9.97. The van der Waals surface area contributed by atoms with E-state index < -0.39 is 0 Å². The quantitative estimate of drug-likeness (QED) is 0.681. The van der Waals surface area contributed by atoms with Crippen molar-refractivity contribution in [2.24, 2.45) is 11.8 Å². The van der Waals surface area contributed by atoms with E-state index in [0.29, 0.717) is 12.0 Å². The van der Waals surface area contributed by atoms with E-state index in [-0.39, 0.29) is 9.52 Å². The number of ether oxygens (including phenoxy) is 1. The highest BCUT2D eigenvalue weighted by molar-refractivity contribution is 7.19. The van der Waals surface area contributed by atoms with Crippen molar-refractivity contribution in [3.05, 3.63) is 17.5 Å². The molecule has 1 aromatic heterocycles. The van der Waals surface area contributed by atoms with Gasteiger partial charge in [-0.25, -0.2) is 0 Å². The molecule has 16 heavy (non-hydrogen) atoms. The van der Waals surface area contributed by atoms with Gasteiger partial charge in [0.15, 0.2) is 0 Å². The fourth-order valence-electron chi connectivity index (χ4n) is 1.76. The van der Waals surface area contributed by atoms with E-state index in [9.17, 15) is 0 Å². The van der Waals surface area contributed by atoms with Crippen molar-refractivity contribution in [2.45, 2.75) is 40.2 Å². The van der Waals surface area contributed by atoms with Gasteiger partial charge in [0.2, 0.25) is 0 Å². The monoisotopic (exact) mass is 256 g/mol. The van der Waals surface area contributed by atoms with E-state index >= 15 is 0 Å². The molecule has 92 valence electrons. The maximum atomic E-state index is 6.06. The third-order valence-corrected chi connectivity index (χ3v) is 5.72. The van der Waals surface area contributed by atoms with Gasteiger partial charge < -0.3 is 4.74 Å². The van der Waals surface area contributed by atoms with Crippen LogP contribution in [0.2, 0.25) is 0 Å². The molecule has 0 aliphatic rings. The van der Waals surface area contributed by atoms with Crippen LogP contribution in [-0.2, 0) is 4.74 Å². The minimum absolute atomic E-state index is 0.182. The first-order valence-corrected chi connectivity index (χ1v) is 8.82. The lowest BCUT2D eigenvalue weighted by Gasteiger charge is -2.23. The van der Waals surface area contributed by atoms with Crippen molar-refractivity contribution in [1.82, 2.24) is 0 Å². The third kappa shape index (κ3) is 5.28. The molecular weight excluding hydrogens is 232 g/mol. The van der Waals surface area contributed by atoms with Crippen molar-refractivity contribution in [2.75, 3.05) is 6.23 Å². The van der Waals surface area contributed by atoms with E-state index in [1.54, 1.807) is 4.50 Å². The zero-order valence-electron chi connectivity index (χ0n) is 10.9. The summed E-state index contributed by atoms with van der Waals surface area (Å²) in [5.74, 6) is 1.37. The Labute approximate surface area is 106 Å². The van der Waals surface area contributed by atoms with Crippen LogP contribution < -0.4 is 4.50 Å². The predicted octanol–water partition coefficient (Wildman–Crippen LogP) is 2.59. The van der Waals surface area contributed by atoms with Gasteiger partial charge in [-0.05, 0) is 28.1 Å². The number of thiophene rings is 1. The first-order valence-electron chi connectivity index (χ1n) is 6.23. The molecule has 1 aromatic rings. The van der Waals surface area contributed by atoms with E-state index in [0.717, 1.165) is 12.1 Å². The highest BCUT2D eigenvalue weighted by atomic mass is 32.1. The Hall–Kier alpha value is -0.123. The van der Waals surface area contributed by atoms with Gasteiger partial charge in [0.25, 0.3) is 0 Å². The topological polar surface area (TPSA) is 9.23 Å². The minimum atomic E-state index is -0.182. The number of hydrogen-bond acceptors (Lipinski definition) is 2. The maximum Gasteiger partial charge on any atom is 0.0975 e. The number of hydrogen-bond donors (Lipinski definition) is 0. The van der Waals surface area contributed by atoms with Crippen molar-refractivity contribution in [3.8, 4) is 0 Å². The first-order chi connectivity index (χ1) is 7.59. The van der Waals surface area contributed by atoms with Crippen LogP contribution in [0.25, 0.3) is 0 Å². The van der Waals surface area contributed by atoms with Crippen LogP contribution in [0.5, 0.6) is 0 Å². The average molecular weight is 256 g/mol. The maximum absolute atomic E-state index is 6.06. The Kier molecular flexibility index (Phi) is 6.32. The summed E-state index contributed by atoms with van der Waals surface area (Å²) < 4.78 is 7.62. The van der Waals surface area contributed by atoms with E-state index in [1.807, 2.05) is 11.3 Å². The van der Waals surface area contributed by atoms with Crippen LogP contribution >= 0.6 is 11.3 Å². The molecule has 0 fully saturated rings. The second-order valence-electron chi connectivity index (χ2n) is 5.11.